The van der Waals surface area contributed by atoms with E-state index in [0.717, 1.165) is 15.9 Å². The Bertz CT molecular complexity index is 754. The average Bonchev–Trinajstić information content (AvgIpc) is 2.92. The SMILES string of the molecule is Cc1c(C(=O)N2CCNC(=O)C2C)cnn1-c1ccc(Br)cc1. The maximum Gasteiger partial charge on any atom is 0.258 e. The van der Waals surface area contributed by atoms with Crippen molar-refractivity contribution in [2.24, 2.45) is 0 Å². The van der Waals surface area contributed by atoms with Crippen LogP contribution in [-0.4, -0.2) is 45.6 Å². The molecule has 0 spiro atoms. The van der Waals surface area contributed by atoms with Gasteiger partial charge in [0.1, 0.15) is 6.04 Å². The molecule has 2 amide bonds. The number of amides is 2. The number of aromatic nitrogens is 2. The Morgan fingerprint density at radius 3 is 2.74 bits per heavy atom. The lowest BCUT2D eigenvalue weighted by molar-refractivity contribution is -0.127. The van der Waals surface area contributed by atoms with Gasteiger partial charge in [-0.05, 0) is 38.1 Å². The summed E-state index contributed by atoms with van der Waals surface area (Å²) in [5.41, 5.74) is 2.17. The van der Waals surface area contributed by atoms with E-state index in [1.165, 1.54) is 0 Å². The molecule has 6 nitrogen and oxygen atoms in total. The van der Waals surface area contributed by atoms with E-state index < -0.39 is 6.04 Å². The first-order valence-corrected chi connectivity index (χ1v) is 8.17. The van der Waals surface area contributed by atoms with Gasteiger partial charge in [-0.3, -0.25) is 9.59 Å². The standard InChI is InChI=1S/C16H17BrN4O2/c1-10-14(16(23)20-8-7-18-15(22)11(20)2)9-19-21(10)13-5-3-12(17)4-6-13/h3-6,9,11H,7-8H2,1-2H3,(H,18,22). The number of nitrogens with one attached hydrogen (secondary N) is 1. The largest absolute Gasteiger partial charge is 0.353 e. The number of hydrogen-bond donors (Lipinski definition) is 1. The molecule has 1 aliphatic heterocycles. The van der Waals surface area contributed by atoms with E-state index in [4.69, 9.17) is 0 Å². The minimum Gasteiger partial charge on any atom is -0.353 e. The molecule has 23 heavy (non-hydrogen) atoms. The number of nitrogens with zero attached hydrogens (tertiary/aromatic N) is 3. The Morgan fingerprint density at radius 1 is 1.35 bits per heavy atom. The lowest BCUT2D eigenvalue weighted by atomic mass is 10.1. The first-order chi connectivity index (χ1) is 11.0. The van der Waals surface area contributed by atoms with Crippen LogP contribution in [0, 0.1) is 6.92 Å². The van der Waals surface area contributed by atoms with Gasteiger partial charge >= 0.3 is 0 Å². The van der Waals surface area contributed by atoms with Crippen molar-refractivity contribution in [1.29, 1.82) is 0 Å². The Balaban J connectivity index is 1.91. The number of benzene rings is 1. The minimum atomic E-state index is -0.466. The maximum absolute atomic E-state index is 12.8. The van der Waals surface area contributed by atoms with E-state index >= 15 is 0 Å². The Hall–Kier alpha value is -2.15. The number of carbonyl (C=O) groups is 2. The van der Waals surface area contributed by atoms with Crippen molar-refractivity contribution in [2.45, 2.75) is 19.9 Å². The maximum atomic E-state index is 12.8. The van der Waals surface area contributed by atoms with Gasteiger partial charge in [-0.25, -0.2) is 4.68 Å². The molecule has 2 heterocycles. The van der Waals surface area contributed by atoms with Crippen molar-refractivity contribution in [3.05, 3.63) is 46.2 Å². The molecule has 1 unspecified atom stereocenters. The van der Waals surface area contributed by atoms with Crippen LogP contribution in [-0.2, 0) is 4.79 Å². The van der Waals surface area contributed by atoms with Gasteiger partial charge in [0.15, 0.2) is 0 Å². The molecule has 0 bridgehead atoms. The summed E-state index contributed by atoms with van der Waals surface area (Å²) in [4.78, 5) is 26.1. The van der Waals surface area contributed by atoms with Crippen molar-refractivity contribution >= 4 is 27.7 Å². The fraction of sp³-hybridized carbons (Fsp3) is 0.312. The van der Waals surface area contributed by atoms with E-state index in [2.05, 4.69) is 26.3 Å². The van der Waals surface area contributed by atoms with Crippen molar-refractivity contribution in [3.63, 3.8) is 0 Å². The number of carbonyl (C=O) groups excluding carboxylic acids is 2. The van der Waals surface area contributed by atoms with Gasteiger partial charge in [-0.15, -0.1) is 0 Å². The highest BCUT2D eigenvalue weighted by Gasteiger charge is 2.31. The van der Waals surface area contributed by atoms with Crippen LogP contribution < -0.4 is 5.32 Å². The van der Waals surface area contributed by atoms with Crippen LogP contribution in [0.25, 0.3) is 5.69 Å². The van der Waals surface area contributed by atoms with E-state index in [9.17, 15) is 9.59 Å². The zero-order chi connectivity index (χ0) is 16.6. The lowest BCUT2D eigenvalue weighted by Crippen LogP contribution is -2.55. The smallest absolute Gasteiger partial charge is 0.258 e. The molecular formula is C16H17BrN4O2. The van der Waals surface area contributed by atoms with Crippen LogP contribution in [0.2, 0.25) is 0 Å². The molecule has 2 aromatic rings. The quantitative estimate of drug-likeness (QED) is 0.870. The second-order valence-electron chi connectivity index (χ2n) is 5.50. The highest BCUT2D eigenvalue weighted by Crippen LogP contribution is 2.19. The van der Waals surface area contributed by atoms with Gasteiger partial charge in [0.05, 0.1) is 23.1 Å². The van der Waals surface area contributed by atoms with Crippen LogP contribution in [0.5, 0.6) is 0 Å². The summed E-state index contributed by atoms with van der Waals surface area (Å²) < 4.78 is 2.71. The molecule has 1 aromatic heterocycles. The van der Waals surface area contributed by atoms with Crippen LogP contribution >= 0.6 is 15.9 Å². The molecule has 7 heteroatoms. The number of halogens is 1. The molecule has 1 fully saturated rings. The summed E-state index contributed by atoms with van der Waals surface area (Å²) in [5, 5.41) is 7.09. The number of rotatable bonds is 2. The molecule has 0 radical (unpaired) electrons. The van der Waals surface area contributed by atoms with Crippen molar-refractivity contribution in [2.75, 3.05) is 13.1 Å². The van der Waals surface area contributed by atoms with Crippen LogP contribution in [0.4, 0.5) is 0 Å². The molecule has 1 saturated heterocycles. The summed E-state index contributed by atoms with van der Waals surface area (Å²) in [6, 6.07) is 7.24. The third kappa shape index (κ3) is 2.88. The van der Waals surface area contributed by atoms with Gasteiger partial charge < -0.3 is 10.2 Å². The van der Waals surface area contributed by atoms with Gasteiger partial charge in [0, 0.05) is 17.6 Å². The van der Waals surface area contributed by atoms with E-state index in [-0.39, 0.29) is 11.8 Å². The highest BCUT2D eigenvalue weighted by molar-refractivity contribution is 9.10. The van der Waals surface area contributed by atoms with Crippen LogP contribution in [0.3, 0.4) is 0 Å². The molecular weight excluding hydrogens is 360 g/mol. The molecule has 120 valence electrons. The van der Waals surface area contributed by atoms with E-state index in [1.807, 2.05) is 31.2 Å². The molecule has 1 aliphatic rings. The fourth-order valence-electron chi connectivity index (χ4n) is 2.68. The summed E-state index contributed by atoms with van der Waals surface area (Å²) >= 11 is 3.40. The third-order valence-electron chi connectivity index (χ3n) is 4.07. The van der Waals surface area contributed by atoms with Crippen LogP contribution in [0.1, 0.15) is 23.0 Å². The van der Waals surface area contributed by atoms with Crippen LogP contribution in [0.15, 0.2) is 34.9 Å². The second-order valence-corrected chi connectivity index (χ2v) is 6.41. The van der Waals surface area contributed by atoms with Gasteiger partial charge in [0.25, 0.3) is 5.91 Å². The van der Waals surface area contributed by atoms with E-state index in [1.54, 1.807) is 22.7 Å². The zero-order valence-corrected chi connectivity index (χ0v) is 14.5. The first kappa shape index (κ1) is 15.7. The summed E-state index contributed by atoms with van der Waals surface area (Å²) in [6.45, 7) is 4.58. The van der Waals surface area contributed by atoms with Crippen molar-refractivity contribution in [1.82, 2.24) is 20.0 Å². The minimum absolute atomic E-state index is 0.123. The molecule has 0 saturated carbocycles. The average molecular weight is 377 g/mol. The topological polar surface area (TPSA) is 67.2 Å². The first-order valence-electron chi connectivity index (χ1n) is 7.38. The fourth-order valence-corrected chi connectivity index (χ4v) is 2.94. The molecule has 0 aliphatic carbocycles. The molecule has 1 N–H and O–H groups in total. The highest BCUT2D eigenvalue weighted by atomic mass is 79.9. The van der Waals surface area contributed by atoms with Crippen molar-refractivity contribution in [3.8, 4) is 5.69 Å². The van der Waals surface area contributed by atoms with Gasteiger partial charge in [-0.2, -0.15) is 5.10 Å². The van der Waals surface area contributed by atoms with E-state index in [0.29, 0.717) is 18.7 Å². The summed E-state index contributed by atoms with van der Waals surface area (Å²) in [5.74, 6) is -0.282. The zero-order valence-electron chi connectivity index (χ0n) is 12.9. The molecule has 1 aromatic carbocycles. The lowest BCUT2D eigenvalue weighted by Gasteiger charge is -2.32. The molecule has 3 rings (SSSR count). The number of piperazine rings is 1. The number of hydrogen-bond acceptors (Lipinski definition) is 3. The normalized spacial score (nSPS) is 18.0. The third-order valence-corrected chi connectivity index (χ3v) is 4.60. The predicted molar refractivity (Wildman–Crippen MR) is 89.5 cm³/mol. The second kappa shape index (κ2) is 6.16. The van der Waals surface area contributed by atoms with Gasteiger partial charge in [-0.1, -0.05) is 15.9 Å². The Kier molecular flexibility index (Phi) is 4.21. The summed E-state index contributed by atoms with van der Waals surface area (Å²) in [7, 11) is 0. The molecule has 1 atom stereocenters. The monoisotopic (exact) mass is 376 g/mol. The summed E-state index contributed by atoms with van der Waals surface area (Å²) in [6.07, 6.45) is 1.57. The Labute approximate surface area is 142 Å². The Morgan fingerprint density at radius 2 is 2.04 bits per heavy atom. The van der Waals surface area contributed by atoms with Gasteiger partial charge in [0.2, 0.25) is 5.91 Å². The predicted octanol–water partition coefficient (Wildman–Crippen LogP) is 1.90. The van der Waals surface area contributed by atoms with Crippen molar-refractivity contribution < 1.29 is 9.59 Å².